The summed E-state index contributed by atoms with van der Waals surface area (Å²) in [6.45, 7) is 4.08. The number of carbonyl (C=O) groups is 1. The van der Waals surface area contributed by atoms with E-state index < -0.39 is 0 Å². The van der Waals surface area contributed by atoms with Gasteiger partial charge in [-0.1, -0.05) is 19.9 Å². The minimum absolute atomic E-state index is 0.189. The first-order valence-electron chi connectivity index (χ1n) is 4.30. The van der Waals surface area contributed by atoms with Gasteiger partial charge in [-0.05, 0) is 29.8 Å². The van der Waals surface area contributed by atoms with Crippen LogP contribution in [-0.2, 0) is 4.79 Å². The van der Waals surface area contributed by atoms with Crippen LogP contribution in [0.4, 0.5) is 0 Å². The molecule has 0 aliphatic carbocycles. The number of aromatic nitrogens is 1. The fourth-order valence-corrected chi connectivity index (χ4v) is 1.81. The molecule has 0 fully saturated rings. The Kier molecular flexibility index (Phi) is 3.96. The average Bonchev–Trinajstić information content (AvgIpc) is 2.04. The molecule has 1 rings (SSSR count). The van der Waals surface area contributed by atoms with Crippen molar-refractivity contribution in [1.82, 2.24) is 4.98 Å². The third kappa shape index (κ3) is 4.08. The van der Waals surface area contributed by atoms with Gasteiger partial charge < -0.3 is 0 Å². The van der Waals surface area contributed by atoms with E-state index in [1.807, 2.05) is 32.0 Å². The Bertz CT molecular complexity index is 272. The van der Waals surface area contributed by atoms with Crippen molar-refractivity contribution in [2.24, 2.45) is 5.92 Å². The summed E-state index contributed by atoms with van der Waals surface area (Å²) in [5, 5.41) is 0.974. The summed E-state index contributed by atoms with van der Waals surface area (Å²) in [6.07, 6.45) is 2.31. The second-order valence-corrected chi connectivity index (χ2v) is 4.32. The Morgan fingerprint density at radius 3 is 2.85 bits per heavy atom. The van der Waals surface area contributed by atoms with E-state index in [9.17, 15) is 4.79 Å². The zero-order valence-electron chi connectivity index (χ0n) is 7.86. The second-order valence-electron chi connectivity index (χ2n) is 3.24. The van der Waals surface area contributed by atoms with Crippen molar-refractivity contribution >= 4 is 16.9 Å². The van der Waals surface area contributed by atoms with Crippen molar-refractivity contribution in [2.75, 3.05) is 0 Å². The summed E-state index contributed by atoms with van der Waals surface area (Å²) >= 11 is 1.22. The van der Waals surface area contributed by atoms with Crippen LogP contribution in [0, 0.1) is 5.92 Å². The number of hydrogen-bond donors (Lipinski definition) is 0. The van der Waals surface area contributed by atoms with Gasteiger partial charge in [-0.25, -0.2) is 4.98 Å². The van der Waals surface area contributed by atoms with Gasteiger partial charge >= 0.3 is 0 Å². The molecule has 0 saturated carbocycles. The van der Waals surface area contributed by atoms with Gasteiger partial charge in [0.25, 0.3) is 0 Å². The molecule has 0 saturated heterocycles. The summed E-state index contributed by atoms with van der Waals surface area (Å²) in [6, 6.07) is 5.58. The minimum Gasteiger partial charge on any atom is -0.287 e. The molecule has 13 heavy (non-hydrogen) atoms. The van der Waals surface area contributed by atoms with E-state index in [-0.39, 0.29) is 5.12 Å². The Hall–Kier alpha value is -0.830. The second kappa shape index (κ2) is 5.02. The number of thioether (sulfide) groups is 1. The van der Waals surface area contributed by atoms with Crippen LogP contribution < -0.4 is 0 Å². The van der Waals surface area contributed by atoms with Gasteiger partial charge in [0.05, 0.1) is 0 Å². The van der Waals surface area contributed by atoms with E-state index in [2.05, 4.69) is 4.98 Å². The van der Waals surface area contributed by atoms with Gasteiger partial charge in [0.1, 0.15) is 5.03 Å². The monoisotopic (exact) mass is 195 g/mol. The maximum atomic E-state index is 11.3. The van der Waals surface area contributed by atoms with Crippen molar-refractivity contribution in [3.63, 3.8) is 0 Å². The molecule has 2 nitrogen and oxygen atoms in total. The van der Waals surface area contributed by atoms with Gasteiger partial charge in [-0.2, -0.15) is 0 Å². The largest absolute Gasteiger partial charge is 0.287 e. The molecule has 1 heterocycles. The van der Waals surface area contributed by atoms with Crippen LogP contribution in [-0.4, -0.2) is 10.1 Å². The van der Waals surface area contributed by atoms with Crippen LogP contribution in [0.25, 0.3) is 0 Å². The van der Waals surface area contributed by atoms with E-state index in [4.69, 9.17) is 0 Å². The van der Waals surface area contributed by atoms with Crippen LogP contribution in [0.2, 0.25) is 0 Å². The number of hydrogen-bond acceptors (Lipinski definition) is 3. The molecule has 0 spiro atoms. The van der Waals surface area contributed by atoms with E-state index in [0.29, 0.717) is 12.3 Å². The van der Waals surface area contributed by atoms with E-state index in [1.54, 1.807) is 6.20 Å². The van der Waals surface area contributed by atoms with Crippen molar-refractivity contribution in [1.29, 1.82) is 0 Å². The molecule has 3 heteroatoms. The summed E-state index contributed by atoms with van der Waals surface area (Å²) in [7, 11) is 0. The predicted octanol–water partition coefficient (Wildman–Crippen LogP) is 2.75. The van der Waals surface area contributed by atoms with Gasteiger partial charge in [-0.15, -0.1) is 0 Å². The highest BCUT2D eigenvalue weighted by atomic mass is 32.2. The van der Waals surface area contributed by atoms with Crippen LogP contribution in [0.3, 0.4) is 0 Å². The van der Waals surface area contributed by atoms with Crippen molar-refractivity contribution in [3.05, 3.63) is 24.4 Å². The van der Waals surface area contributed by atoms with Crippen LogP contribution >= 0.6 is 11.8 Å². The highest BCUT2D eigenvalue weighted by Crippen LogP contribution is 2.18. The summed E-state index contributed by atoms with van der Waals surface area (Å²) in [4.78, 5) is 15.4. The molecule has 0 unspecified atom stereocenters. The Morgan fingerprint density at radius 2 is 2.31 bits per heavy atom. The first-order valence-corrected chi connectivity index (χ1v) is 5.12. The molecule has 0 N–H and O–H groups in total. The van der Waals surface area contributed by atoms with Crippen LogP contribution in [0.15, 0.2) is 29.4 Å². The van der Waals surface area contributed by atoms with Gasteiger partial charge in [-0.3, -0.25) is 4.79 Å². The Labute approximate surface area is 82.8 Å². The molecule has 0 amide bonds. The Morgan fingerprint density at radius 1 is 1.54 bits per heavy atom. The summed E-state index contributed by atoms with van der Waals surface area (Å²) in [5.41, 5.74) is 0. The van der Waals surface area contributed by atoms with E-state index >= 15 is 0 Å². The SMILES string of the molecule is CC(C)CC(=O)Sc1ccccn1. The smallest absolute Gasteiger partial charge is 0.195 e. The van der Waals surface area contributed by atoms with Crippen LogP contribution in [0.1, 0.15) is 20.3 Å². The molecule has 0 aliphatic heterocycles. The lowest BCUT2D eigenvalue weighted by molar-refractivity contribution is -0.111. The molecule has 1 aromatic rings. The topological polar surface area (TPSA) is 30.0 Å². The quantitative estimate of drug-likeness (QED) is 0.695. The standard InChI is InChI=1S/C10H13NOS/c1-8(2)7-10(12)13-9-5-3-4-6-11-9/h3-6,8H,7H2,1-2H3. The summed E-state index contributed by atoms with van der Waals surface area (Å²) < 4.78 is 0. The first-order chi connectivity index (χ1) is 6.18. The fourth-order valence-electron chi connectivity index (χ4n) is 0.899. The lowest BCUT2D eigenvalue weighted by Crippen LogP contribution is -1.97. The fraction of sp³-hybridized carbons (Fsp3) is 0.400. The van der Waals surface area contributed by atoms with Crippen LogP contribution in [0.5, 0.6) is 0 Å². The maximum Gasteiger partial charge on any atom is 0.195 e. The summed E-state index contributed by atoms with van der Waals surface area (Å²) in [5.74, 6) is 0.420. The maximum absolute atomic E-state index is 11.3. The lowest BCUT2D eigenvalue weighted by atomic mass is 10.2. The molecule has 0 radical (unpaired) electrons. The molecule has 0 aliphatic rings. The normalized spacial score (nSPS) is 10.4. The number of rotatable bonds is 3. The predicted molar refractivity (Wildman–Crippen MR) is 54.6 cm³/mol. The zero-order chi connectivity index (χ0) is 9.68. The van der Waals surface area contributed by atoms with Crippen molar-refractivity contribution < 1.29 is 4.79 Å². The third-order valence-electron chi connectivity index (χ3n) is 1.43. The number of carbonyl (C=O) groups excluding carboxylic acids is 1. The lowest BCUT2D eigenvalue weighted by Gasteiger charge is -2.01. The van der Waals surface area contributed by atoms with Gasteiger partial charge in [0, 0.05) is 12.6 Å². The highest BCUT2D eigenvalue weighted by Gasteiger charge is 2.07. The van der Waals surface area contributed by atoms with Gasteiger partial charge in [0.2, 0.25) is 0 Å². The number of nitrogens with zero attached hydrogens (tertiary/aromatic N) is 1. The zero-order valence-corrected chi connectivity index (χ0v) is 8.67. The molecular weight excluding hydrogens is 182 g/mol. The highest BCUT2D eigenvalue weighted by molar-refractivity contribution is 8.13. The molecule has 1 aromatic heterocycles. The first kappa shape index (κ1) is 10.3. The molecule has 0 atom stereocenters. The molecule has 0 aromatic carbocycles. The Balaban J connectivity index is 2.46. The van der Waals surface area contributed by atoms with Crippen molar-refractivity contribution in [3.8, 4) is 0 Å². The molecular formula is C10H13NOS. The number of pyridine rings is 1. The van der Waals surface area contributed by atoms with E-state index in [1.165, 1.54) is 11.8 Å². The minimum atomic E-state index is 0.189. The average molecular weight is 195 g/mol. The van der Waals surface area contributed by atoms with Crippen molar-refractivity contribution in [2.45, 2.75) is 25.3 Å². The molecule has 70 valence electrons. The van der Waals surface area contributed by atoms with E-state index in [0.717, 1.165) is 5.03 Å². The molecule has 0 bridgehead atoms. The third-order valence-corrected chi connectivity index (χ3v) is 2.28. The van der Waals surface area contributed by atoms with Gasteiger partial charge in [0.15, 0.2) is 5.12 Å².